The van der Waals surface area contributed by atoms with E-state index in [-0.39, 0.29) is 31.2 Å². The van der Waals surface area contributed by atoms with Gasteiger partial charge in [0.25, 0.3) is 0 Å². The first-order valence-corrected chi connectivity index (χ1v) is 9.85. The topological polar surface area (TPSA) is 137 Å². The Bertz CT molecular complexity index is 789. The van der Waals surface area contributed by atoms with Crippen molar-refractivity contribution < 1.29 is 23.9 Å². The van der Waals surface area contributed by atoms with Crippen LogP contribution in [0.15, 0.2) is 24.3 Å². The molecule has 0 spiro atoms. The molecular weight excluding hydrogens is 388 g/mol. The molecule has 4 N–H and O–H groups in total. The summed E-state index contributed by atoms with van der Waals surface area (Å²) in [5, 5.41) is 15.1. The van der Waals surface area contributed by atoms with E-state index in [1.807, 2.05) is 12.1 Å². The number of hydrogen-bond donors (Lipinski definition) is 4. The highest BCUT2D eigenvalue weighted by atomic mass is 16.5. The van der Waals surface area contributed by atoms with Crippen molar-refractivity contribution in [1.29, 1.82) is 5.41 Å². The van der Waals surface area contributed by atoms with E-state index >= 15 is 0 Å². The van der Waals surface area contributed by atoms with E-state index in [0.29, 0.717) is 12.0 Å². The van der Waals surface area contributed by atoms with Crippen LogP contribution in [-0.2, 0) is 25.7 Å². The van der Waals surface area contributed by atoms with Crippen LogP contribution in [0.2, 0.25) is 0 Å². The van der Waals surface area contributed by atoms with E-state index < -0.39 is 29.7 Å². The zero-order valence-corrected chi connectivity index (χ0v) is 17.2. The molecule has 30 heavy (non-hydrogen) atoms. The highest BCUT2D eigenvalue weighted by Crippen LogP contribution is 2.32. The molecule has 162 valence electrons. The van der Waals surface area contributed by atoms with E-state index in [2.05, 4.69) is 16.0 Å². The number of methoxy groups -OCH3 is 1. The van der Waals surface area contributed by atoms with Crippen LogP contribution in [0.4, 0.5) is 0 Å². The molecule has 0 aliphatic heterocycles. The average Bonchev–Trinajstić information content (AvgIpc) is 3.58. The van der Waals surface area contributed by atoms with Gasteiger partial charge in [-0.1, -0.05) is 12.1 Å². The van der Waals surface area contributed by atoms with Crippen molar-refractivity contribution in [1.82, 2.24) is 16.0 Å². The van der Waals surface area contributed by atoms with Gasteiger partial charge in [-0.05, 0) is 42.9 Å². The maximum atomic E-state index is 12.7. The minimum Gasteiger partial charge on any atom is -0.497 e. The van der Waals surface area contributed by atoms with E-state index in [0.717, 1.165) is 18.4 Å². The largest absolute Gasteiger partial charge is 0.497 e. The fourth-order valence-corrected chi connectivity index (χ4v) is 2.99. The van der Waals surface area contributed by atoms with Crippen molar-refractivity contribution in [2.75, 3.05) is 7.11 Å². The summed E-state index contributed by atoms with van der Waals surface area (Å²) in [6.07, 6.45) is 2.38. The van der Waals surface area contributed by atoms with Gasteiger partial charge in [0.15, 0.2) is 5.78 Å². The Balaban J connectivity index is 2.01. The number of ether oxygens (including phenoxy) is 1. The lowest BCUT2D eigenvalue weighted by molar-refractivity contribution is -0.132. The van der Waals surface area contributed by atoms with Crippen molar-refractivity contribution >= 4 is 29.7 Å². The van der Waals surface area contributed by atoms with Crippen LogP contribution in [0.25, 0.3) is 0 Å². The predicted octanol–water partition coefficient (Wildman–Crippen LogP) is 0.710. The molecule has 1 fully saturated rings. The van der Waals surface area contributed by atoms with Crippen LogP contribution in [0.5, 0.6) is 5.75 Å². The van der Waals surface area contributed by atoms with Crippen LogP contribution in [0.1, 0.15) is 38.2 Å². The van der Waals surface area contributed by atoms with Crippen LogP contribution < -0.4 is 20.7 Å². The number of Topliss-reactive ketones (excluding diaryl/α,β-unsaturated/α-hetero) is 1. The number of hydrogen-bond acceptors (Lipinski definition) is 6. The van der Waals surface area contributed by atoms with Gasteiger partial charge in [-0.15, -0.1) is 0 Å². The smallest absolute Gasteiger partial charge is 0.243 e. The molecule has 0 unspecified atom stereocenters. The first-order valence-electron chi connectivity index (χ1n) is 9.85. The third-order valence-corrected chi connectivity index (χ3v) is 4.83. The molecule has 2 atom stereocenters. The Morgan fingerprint density at radius 1 is 1.13 bits per heavy atom. The standard InChI is InChI=1S/C21H28N4O5/c1-13(26)24-19(15-5-6-15)21(29)25-18(10-7-16(27)11-22)20(28)23-12-14-3-8-17(30-2)9-4-14/h3-4,8-9,11,15,18-19,22H,5-7,10,12H2,1-2H3,(H,23,28)(H,24,26)(H,25,29)/t18-,19-/m0/s1. The van der Waals surface area contributed by atoms with Gasteiger partial charge in [0, 0.05) is 19.9 Å². The summed E-state index contributed by atoms with van der Waals surface area (Å²) in [7, 11) is 1.56. The molecular formula is C21H28N4O5. The summed E-state index contributed by atoms with van der Waals surface area (Å²) in [5.74, 6) is -0.877. The number of nitrogens with one attached hydrogen (secondary N) is 4. The Morgan fingerprint density at radius 3 is 2.33 bits per heavy atom. The second-order valence-corrected chi connectivity index (χ2v) is 7.29. The monoisotopic (exact) mass is 416 g/mol. The molecule has 9 heteroatoms. The summed E-state index contributed by atoms with van der Waals surface area (Å²) in [6.45, 7) is 1.58. The summed E-state index contributed by atoms with van der Waals surface area (Å²) in [4.78, 5) is 48.3. The summed E-state index contributed by atoms with van der Waals surface area (Å²) < 4.78 is 5.10. The molecule has 0 radical (unpaired) electrons. The van der Waals surface area contributed by atoms with Gasteiger partial charge < -0.3 is 26.1 Å². The van der Waals surface area contributed by atoms with Crippen molar-refractivity contribution in [3.8, 4) is 5.75 Å². The first-order chi connectivity index (χ1) is 14.3. The first kappa shape index (κ1) is 23.1. The fraction of sp³-hybridized carbons (Fsp3) is 0.476. The Kier molecular flexibility index (Phi) is 8.52. The molecule has 1 aromatic carbocycles. The highest BCUT2D eigenvalue weighted by molar-refractivity contribution is 6.26. The maximum Gasteiger partial charge on any atom is 0.243 e. The molecule has 0 saturated heterocycles. The molecule has 3 amide bonds. The van der Waals surface area contributed by atoms with Crippen LogP contribution >= 0.6 is 0 Å². The lowest BCUT2D eigenvalue weighted by atomic mass is 10.1. The van der Waals surface area contributed by atoms with Gasteiger partial charge >= 0.3 is 0 Å². The second kappa shape index (κ2) is 11.1. The number of benzene rings is 1. The van der Waals surface area contributed by atoms with E-state index in [4.69, 9.17) is 10.1 Å². The van der Waals surface area contributed by atoms with Gasteiger partial charge in [0.1, 0.15) is 17.8 Å². The van der Waals surface area contributed by atoms with Crippen LogP contribution in [-0.4, -0.2) is 48.9 Å². The quantitative estimate of drug-likeness (QED) is 0.372. The summed E-state index contributed by atoms with van der Waals surface area (Å²) in [6, 6.07) is 5.53. The molecule has 1 aliphatic rings. The lowest BCUT2D eigenvalue weighted by Gasteiger charge is -2.22. The van der Waals surface area contributed by atoms with Gasteiger partial charge in [-0.3, -0.25) is 19.2 Å². The number of ketones is 1. The second-order valence-electron chi connectivity index (χ2n) is 7.29. The lowest BCUT2D eigenvalue weighted by Crippen LogP contribution is -2.54. The predicted molar refractivity (Wildman–Crippen MR) is 110 cm³/mol. The minimum atomic E-state index is -0.949. The van der Waals surface area contributed by atoms with Crippen molar-refractivity contribution in [3.05, 3.63) is 29.8 Å². The maximum absolute atomic E-state index is 12.7. The van der Waals surface area contributed by atoms with E-state index in [9.17, 15) is 19.2 Å². The molecule has 0 heterocycles. The molecule has 0 bridgehead atoms. The number of amides is 3. The summed E-state index contributed by atoms with van der Waals surface area (Å²) >= 11 is 0. The van der Waals surface area contributed by atoms with Crippen molar-refractivity contribution in [3.63, 3.8) is 0 Å². The van der Waals surface area contributed by atoms with E-state index in [1.165, 1.54) is 6.92 Å². The van der Waals surface area contributed by atoms with Crippen LogP contribution in [0.3, 0.4) is 0 Å². The average molecular weight is 416 g/mol. The third kappa shape index (κ3) is 7.31. The third-order valence-electron chi connectivity index (χ3n) is 4.83. The minimum absolute atomic E-state index is 0.0430. The van der Waals surface area contributed by atoms with Gasteiger partial charge in [-0.25, -0.2) is 0 Å². The fourth-order valence-electron chi connectivity index (χ4n) is 2.99. The highest BCUT2D eigenvalue weighted by Gasteiger charge is 2.38. The van der Waals surface area contributed by atoms with Crippen LogP contribution in [0, 0.1) is 11.3 Å². The van der Waals surface area contributed by atoms with Gasteiger partial charge in [0.05, 0.1) is 13.3 Å². The Labute approximate surface area is 175 Å². The molecule has 1 aliphatic carbocycles. The Hall–Kier alpha value is -3.23. The molecule has 1 aromatic rings. The SMILES string of the molecule is COc1ccc(CNC(=O)[C@H](CCC(=O)C=N)NC(=O)[C@@H](NC(C)=O)C2CC2)cc1. The van der Waals surface area contributed by atoms with Crippen molar-refractivity contribution in [2.24, 2.45) is 5.92 Å². The Morgan fingerprint density at radius 2 is 1.80 bits per heavy atom. The number of carbonyl (C=O) groups excluding carboxylic acids is 4. The molecule has 2 rings (SSSR count). The zero-order valence-electron chi connectivity index (χ0n) is 17.2. The van der Waals surface area contributed by atoms with Gasteiger partial charge in [0.2, 0.25) is 17.7 Å². The molecule has 9 nitrogen and oxygen atoms in total. The molecule has 1 saturated carbocycles. The number of rotatable bonds is 12. The van der Waals surface area contributed by atoms with Gasteiger partial charge in [-0.2, -0.15) is 0 Å². The summed E-state index contributed by atoms with van der Waals surface area (Å²) in [5.41, 5.74) is 0.846. The molecule has 0 aromatic heterocycles. The van der Waals surface area contributed by atoms with Crippen molar-refractivity contribution in [2.45, 2.75) is 51.2 Å². The zero-order chi connectivity index (χ0) is 22.1. The van der Waals surface area contributed by atoms with E-state index in [1.54, 1.807) is 19.2 Å². The normalized spacial score (nSPS) is 14.7. The number of carbonyl (C=O) groups is 4.